The second-order valence-electron chi connectivity index (χ2n) is 2.92. The van der Waals surface area contributed by atoms with E-state index in [0.29, 0.717) is 9.90 Å². The molecule has 0 fully saturated rings. The van der Waals surface area contributed by atoms with E-state index in [9.17, 15) is 9.59 Å². The molecule has 5 heteroatoms. The van der Waals surface area contributed by atoms with Gasteiger partial charge in [-0.15, -0.1) is 11.3 Å². The Labute approximate surface area is 90.9 Å². The Bertz CT molecular complexity index is 373. The summed E-state index contributed by atoms with van der Waals surface area (Å²) in [6.07, 6.45) is 0.209. The number of thiophene rings is 1. The lowest BCUT2D eigenvalue weighted by Crippen LogP contribution is -2.12. The van der Waals surface area contributed by atoms with Crippen LogP contribution in [0.3, 0.4) is 0 Å². The molecular weight excluding hydrogens is 222 g/mol. The second kappa shape index (κ2) is 4.57. The molecule has 0 unspecified atom stereocenters. The molecule has 0 radical (unpaired) electrons. The van der Waals surface area contributed by atoms with E-state index in [1.165, 1.54) is 11.3 Å². The summed E-state index contributed by atoms with van der Waals surface area (Å²) in [5, 5.41) is 0.460. The van der Waals surface area contributed by atoms with Gasteiger partial charge in [-0.05, 0) is 13.0 Å². The molecule has 14 heavy (non-hydrogen) atoms. The van der Waals surface area contributed by atoms with E-state index in [-0.39, 0.29) is 18.6 Å². The number of Topliss-reactive ketones (excluding diaryl/α,β-unsaturated/α-hetero) is 1. The van der Waals surface area contributed by atoms with Crippen molar-refractivity contribution in [2.45, 2.75) is 19.8 Å². The SMILES string of the molecule is Cc1cc(Cl)c(C(=O)CCC(N)=O)s1. The molecule has 1 aromatic rings. The van der Waals surface area contributed by atoms with Crippen LogP contribution in [0.1, 0.15) is 27.4 Å². The number of primary amides is 1. The van der Waals surface area contributed by atoms with Gasteiger partial charge in [0.2, 0.25) is 5.91 Å². The summed E-state index contributed by atoms with van der Waals surface area (Å²) < 4.78 is 0. The summed E-state index contributed by atoms with van der Waals surface area (Å²) in [6.45, 7) is 1.88. The van der Waals surface area contributed by atoms with E-state index in [1.807, 2.05) is 6.92 Å². The monoisotopic (exact) mass is 231 g/mol. The van der Waals surface area contributed by atoms with Crippen molar-refractivity contribution in [2.75, 3.05) is 0 Å². The Hall–Kier alpha value is -0.870. The lowest BCUT2D eigenvalue weighted by Gasteiger charge is -1.95. The molecule has 0 saturated heterocycles. The highest BCUT2D eigenvalue weighted by Crippen LogP contribution is 2.27. The number of nitrogens with two attached hydrogens (primary N) is 1. The molecule has 0 saturated carbocycles. The number of carbonyl (C=O) groups excluding carboxylic acids is 2. The van der Waals surface area contributed by atoms with Gasteiger partial charge < -0.3 is 5.73 Å². The van der Waals surface area contributed by atoms with Gasteiger partial charge in [0.15, 0.2) is 5.78 Å². The molecule has 1 aromatic heterocycles. The zero-order valence-electron chi connectivity index (χ0n) is 7.67. The van der Waals surface area contributed by atoms with Crippen LogP contribution < -0.4 is 5.73 Å². The first kappa shape index (κ1) is 11.2. The fourth-order valence-corrected chi connectivity index (χ4v) is 2.34. The summed E-state index contributed by atoms with van der Waals surface area (Å²) in [4.78, 5) is 23.5. The van der Waals surface area contributed by atoms with Gasteiger partial charge >= 0.3 is 0 Å². The van der Waals surface area contributed by atoms with Crippen LogP contribution in [0.4, 0.5) is 0 Å². The van der Waals surface area contributed by atoms with Crippen molar-refractivity contribution in [3.8, 4) is 0 Å². The van der Waals surface area contributed by atoms with E-state index in [2.05, 4.69) is 0 Å². The van der Waals surface area contributed by atoms with Gasteiger partial charge in [-0.2, -0.15) is 0 Å². The molecule has 0 spiro atoms. The highest BCUT2D eigenvalue weighted by Gasteiger charge is 2.14. The zero-order valence-corrected chi connectivity index (χ0v) is 9.24. The highest BCUT2D eigenvalue weighted by atomic mass is 35.5. The predicted octanol–water partition coefficient (Wildman–Crippen LogP) is 2.16. The van der Waals surface area contributed by atoms with E-state index < -0.39 is 5.91 Å². The average molecular weight is 232 g/mol. The van der Waals surface area contributed by atoms with Crippen LogP contribution in [0.2, 0.25) is 5.02 Å². The summed E-state index contributed by atoms with van der Waals surface area (Å²) in [6, 6.07) is 1.74. The number of rotatable bonds is 4. The van der Waals surface area contributed by atoms with Gasteiger partial charge in [-0.1, -0.05) is 11.6 Å². The predicted molar refractivity (Wildman–Crippen MR) is 56.8 cm³/mol. The van der Waals surface area contributed by atoms with Gasteiger partial charge in [0.05, 0.1) is 9.90 Å². The average Bonchev–Trinajstić information content (AvgIpc) is 2.41. The molecule has 1 rings (SSSR count). The summed E-state index contributed by atoms with van der Waals surface area (Å²) in [5.74, 6) is -0.588. The first-order valence-corrected chi connectivity index (χ1v) is 5.27. The van der Waals surface area contributed by atoms with E-state index in [0.717, 1.165) is 4.88 Å². The Morgan fingerprint density at radius 1 is 1.50 bits per heavy atom. The minimum absolute atomic E-state index is 0.0755. The van der Waals surface area contributed by atoms with E-state index >= 15 is 0 Å². The second-order valence-corrected chi connectivity index (χ2v) is 4.59. The van der Waals surface area contributed by atoms with Gasteiger partial charge in [0.25, 0.3) is 0 Å². The van der Waals surface area contributed by atoms with Crippen molar-refractivity contribution in [2.24, 2.45) is 5.73 Å². The number of hydrogen-bond acceptors (Lipinski definition) is 3. The fourth-order valence-electron chi connectivity index (χ4n) is 1.02. The summed E-state index contributed by atoms with van der Waals surface area (Å²) in [7, 11) is 0. The smallest absolute Gasteiger partial charge is 0.217 e. The van der Waals surface area contributed by atoms with Crippen LogP contribution >= 0.6 is 22.9 Å². The Morgan fingerprint density at radius 2 is 2.14 bits per heavy atom. The standard InChI is InChI=1S/C9H10ClNO2S/c1-5-4-6(10)9(14-5)7(12)2-3-8(11)13/h4H,2-3H2,1H3,(H2,11,13). The topological polar surface area (TPSA) is 60.2 Å². The lowest BCUT2D eigenvalue weighted by atomic mass is 10.2. The van der Waals surface area contributed by atoms with Crippen LogP contribution in [0.5, 0.6) is 0 Å². The Balaban J connectivity index is 2.69. The first-order chi connectivity index (χ1) is 6.50. The third-order valence-corrected chi connectivity index (χ3v) is 3.16. The molecule has 0 aliphatic carbocycles. The third-order valence-electron chi connectivity index (χ3n) is 1.66. The summed E-state index contributed by atoms with van der Waals surface area (Å²) >= 11 is 7.17. The molecule has 2 N–H and O–H groups in total. The van der Waals surface area contributed by atoms with Crippen LogP contribution in [0.25, 0.3) is 0 Å². The molecule has 0 aliphatic heterocycles. The molecule has 3 nitrogen and oxygen atoms in total. The fraction of sp³-hybridized carbons (Fsp3) is 0.333. The van der Waals surface area contributed by atoms with E-state index in [1.54, 1.807) is 6.07 Å². The van der Waals surface area contributed by atoms with Gasteiger partial charge in [0, 0.05) is 17.7 Å². The molecule has 0 atom stereocenters. The molecule has 1 heterocycles. The number of carbonyl (C=O) groups is 2. The Morgan fingerprint density at radius 3 is 2.57 bits per heavy atom. The molecule has 0 aliphatic rings. The van der Waals surface area contributed by atoms with Crippen LogP contribution in [0, 0.1) is 6.92 Å². The molecule has 0 aromatic carbocycles. The molecule has 0 bridgehead atoms. The Kier molecular flexibility index (Phi) is 3.66. The first-order valence-electron chi connectivity index (χ1n) is 4.08. The molecular formula is C9H10ClNO2S. The zero-order chi connectivity index (χ0) is 10.7. The van der Waals surface area contributed by atoms with Crippen LogP contribution in [-0.4, -0.2) is 11.7 Å². The van der Waals surface area contributed by atoms with Crippen molar-refractivity contribution in [1.82, 2.24) is 0 Å². The minimum Gasteiger partial charge on any atom is -0.370 e. The molecule has 1 amide bonds. The third kappa shape index (κ3) is 2.82. The quantitative estimate of drug-likeness (QED) is 0.808. The lowest BCUT2D eigenvalue weighted by molar-refractivity contribution is -0.117. The van der Waals surface area contributed by atoms with E-state index in [4.69, 9.17) is 17.3 Å². The van der Waals surface area contributed by atoms with Crippen molar-refractivity contribution in [1.29, 1.82) is 0 Å². The number of halogens is 1. The number of hydrogen-bond donors (Lipinski definition) is 1. The highest BCUT2D eigenvalue weighted by molar-refractivity contribution is 7.14. The number of ketones is 1. The van der Waals surface area contributed by atoms with Gasteiger partial charge in [-0.25, -0.2) is 0 Å². The molecule has 76 valence electrons. The van der Waals surface area contributed by atoms with Crippen molar-refractivity contribution < 1.29 is 9.59 Å². The van der Waals surface area contributed by atoms with Gasteiger partial charge in [0.1, 0.15) is 0 Å². The van der Waals surface area contributed by atoms with Crippen molar-refractivity contribution in [3.63, 3.8) is 0 Å². The number of amides is 1. The van der Waals surface area contributed by atoms with Crippen molar-refractivity contribution in [3.05, 3.63) is 20.8 Å². The van der Waals surface area contributed by atoms with Crippen molar-refractivity contribution >= 4 is 34.6 Å². The maximum atomic E-state index is 11.5. The minimum atomic E-state index is -0.470. The maximum Gasteiger partial charge on any atom is 0.217 e. The number of aryl methyl sites for hydroxylation is 1. The van der Waals surface area contributed by atoms with Crippen LogP contribution in [0.15, 0.2) is 6.07 Å². The maximum absolute atomic E-state index is 11.5. The van der Waals surface area contributed by atoms with Crippen LogP contribution in [-0.2, 0) is 4.79 Å². The van der Waals surface area contributed by atoms with Gasteiger partial charge in [-0.3, -0.25) is 9.59 Å². The normalized spacial score (nSPS) is 10.1. The largest absolute Gasteiger partial charge is 0.370 e. The summed E-state index contributed by atoms with van der Waals surface area (Å²) in [5.41, 5.74) is 4.94.